The van der Waals surface area contributed by atoms with E-state index in [1.165, 1.54) is 0 Å². The highest BCUT2D eigenvalue weighted by atomic mass is 16.2. The molecule has 2 nitrogen and oxygen atoms in total. The van der Waals surface area contributed by atoms with Gasteiger partial charge in [0.25, 0.3) is 0 Å². The van der Waals surface area contributed by atoms with Crippen molar-refractivity contribution in [3.63, 3.8) is 0 Å². The van der Waals surface area contributed by atoms with Crippen molar-refractivity contribution in [3.8, 4) is 6.07 Å². The first-order chi connectivity index (χ1) is 5.77. The lowest BCUT2D eigenvalue weighted by molar-refractivity contribution is 0.616. The standard InChI is InChI=1S/C9H7BNO/c1-7(10-12)9-4-2-8(6-11)3-5-9/h2-5,12H,1H2. The minimum absolute atomic E-state index is 0.541. The highest BCUT2D eigenvalue weighted by Gasteiger charge is 1.98. The fourth-order valence-electron chi connectivity index (χ4n) is 0.833. The number of rotatable bonds is 2. The Balaban J connectivity index is 2.94. The minimum Gasteiger partial charge on any atom is -0.450 e. The third-order valence-electron chi connectivity index (χ3n) is 1.54. The fourth-order valence-corrected chi connectivity index (χ4v) is 0.833. The van der Waals surface area contributed by atoms with Crippen LogP contribution in [0.25, 0.3) is 5.47 Å². The van der Waals surface area contributed by atoms with E-state index in [1.54, 1.807) is 24.3 Å². The van der Waals surface area contributed by atoms with Crippen molar-refractivity contribution >= 4 is 13.0 Å². The van der Waals surface area contributed by atoms with E-state index in [0.29, 0.717) is 11.0 Å². The predicted octanol–water partition coefficient (Wildman–Crippen LogP) is 1.14. The number of nitriles is 1. The maximum Gasteiger partial charge on any atom is 0.326 e. The van der Waals surface area contributed by atoms with Crippen LogP contribution >= 0.6 is 0 Å². The van der Waals surface area contributed by atoms with E-state index in [0.717, 1.165) is 13.0 Å². The largest absolute Gasteiger partial charge is 0.450 e. The third kappa shape index (κ3) is 1.74. The summed E-state index contributed by atoms with van der Waals surface area (Å²) < 4.78 is 0. The molecule has 0 aliphatic rings. The topological polar surface area (TPSA) is 44.0 Å². The molecular formula is C9H7BNO. The highest BCUT2D eigenvalue weighted by Crippen LogP contribution is 2.10. The molecule has 0 amide bonds. The van der Waals surface area contributed by atoms with Crippen molar-refractivity contribution in [2.24, 2.45) is 0 Å². The van der Waals surface area contributed by atoms with Crippen LogP contribution in [0.4, 0.5) is 0 Å². The van der Waals surface area contributed by atoms with E-state index < -0.39 is 0 Å². The van der Waals surface area contributed by atoms with Crippen LogP contribution < -0.4 is 0 Å². The van der Waals surface area contributed by atoms with Crippen molar-refractivity contribution in [1.82, 2.24) is 0 Å². The minimum atomic E-state index is 0.541. The zero-order chi connectivity index (χ0) is 8.97. The first kappa shape index (κ1) is 8.57. The van der Waals surface area contributed by atoms with E-state index in [4.69, 9.17) is 10.3 Å². The van der Waals surface area contributed by atoms with Crippen molar-refractivity contribution in [2.45, 2.75) is 0 Å². The van der Waals surface area contributed by atoms with E-state index >= 15 is 0 Å². The summed E-state index contributed by atoms with van der Waals surface area (Å²) in [7, 11) is 0.946. The smallest absolute Gasteiger partial charge is 0.326 e. The van der Waals surface area contributed by atoms with Crippen molar-refractivity contribution in [3.05, 3.63) is 42.0 Å². The van der Waals surface area contributed by atoms with E-state index in [1.807, 2.05) is 6.07 Å². The Morgan fingerprint density at radius 2 is 2.00 bits per heavy atom. The van der Waals surface area contributed by atoms with Crippen molar-refractivity contribution < 1.29 is 5.02 Å². The molecule has 0 fully saturated rings. The summed E-state index contributed by atoms with van der Waals surface area (Å²) >= 11 is 0. The van der Waals surface area contributed by atoms with Crippen LogP contribution in [-0.4, -0.2) is 12.5 Å². The number of nitrogens with zero attached hydrogens (tertiary/aromatic N) is 1. The Morgan fingerprint density at radius 1 is 1.42 bits per heavy atom. The maximum atomic E-state index is 8.63. The van der Waals surface area contributed by atoms with Gasteiger partial charge < -0.3 is 5.02 Å². The predicted molar refractivity (Wildman–Crippen MR) is 48.2 cm³/mol. The quantitative estimate of drug-likeness (QED) is 0.652. The number of hydrogen-bond donors (Lipinski definition) is 1. The summed E-state index contributed by atoms with van der Waals surface area (Å²) in [5, 5.41) is 17.1. The molecule has 3 heteroatoms. The van der Waals surface area contributed by atoms with Gasteiger partial charge in [0.2, 0.25) is 0 Å². The molecule has 57 valence electrons. The molecule has 0 saturated carbocycles. The second kappa shape index (κ2) is 3.75. The molecule has 1 rings (SSSR count). The zero-order valence-electron chi connectivity index (χ0n) is 6.49. The molecule has 0 bridgehead atoms. The summed E-state index contributed by atoms with van der Waals surface area (Å²) in [6.07, 6.45) is 0. The Kier molecular flexibility index (Phi) is 2.68. The summed E-state index contributed by atoms with van der Waals surface area (Å²) in [6.45, 7) is 3.61. The molecule has 1 aromatic carbocycles. The summed E-state index contributed by atoms with van der Waals surface area (Å²) in [5.41, 5.74) is 1.96. The Bertz CT molecular complexity index is 323. The molecule has 12 heavy (non-hydrogen) atoms. The highest BCUT2D eigenvalue weighted by molar-refractivity contribution is 6.53. The van der Waals surface area contributed by atoms with Crippen LogP contribution in [0.3, 0.4) is 0 Å². The molecule has 0 aromatic heterocycles. The monoisotopic (exact) mass is 156 g/mol. The maximum absolute atomic E-state index is 8.63. The van der Waals surface area contributed by atoms with E-state index in [9.17, 15) is 0 Å². The first-order valence-corrected chi connectivity index (χ1v) is 3.45. The van der Waals surface area contributed by atoms with Gasteiger partial charge in [-0.15, -0.1) is 6.58 Å². The average molecular weight is 156 g/mol. The van der Waals surface area contributed by atoms with Gasteiger partial charge in [0.1, 0.15) is 0 Å². The van der Waals surface area contributed by atoms with Crippen LogP contribution in [0.2, 0.25) is 0 Å². The number of hydrogen-bond acceptors (Lipinski definition) is 2. The van der Waals surface area contributed by atoms with Gasteiger partial charge in [-0.1, -0.05) is 17.6 Å². The van der Waals surface area contributed by atoms with Crippen LogP contribution in [0.15, 0.2) is 30.8 Å². The summed E-state index contributed by atoms with van der Waals surface area (Å²) in [6, 6.07) is 8.87. The third-order valence-corrected chi connectivity index (χ3v) is 1.54. The van der Waals surface area contributed by atoms with Crippen LogP contribution in [0, 0.1) is 11.3 Å². The van der Waals surface area contributed by atoms with Gasteiger partial charge >= 0.3 is 7.48 Å². The van der Waals surface area contributed by atoms with Gasteiger partial charge in [-0.05, 0) is 17.7 Å². The lowest BCUT2D eigenvalue weighted by Crippen LogP contribution is -1.92. The molecule has 1 radical (unpaired) electrons. The van der Waals surface area contributed by atoms with Crippen LogP contribution in [0.5, 0.6) is 0 Å². The number of benzene rings is 1. The van der Waals surface area contributed by atoms with Crippen LogP contribution in [-0.2, 0) is 0 Å². The molecule has 0 atom stereocenters. The Morgan fingerprint density at radius 3 is 2.42 bits per heavy atom. The lowest BCUT2D eigenvalue weighted by atomic mass is 9.84. The van der Waals surface area contributed by atoms with Crippen molar-refractivity contribution in [1.29, 1.82) is 5.26 Å². The normalized spacial score (nSPS) is 8.67. The van der Waals surface area contributed by atoms with Gasteiger partial charge in [-0.3, -0.25) is 0 Å². The molecule has 0 saturated heterocycles. The second-order valence-corrected chi connectivity index (χ2v) is 2.34. The Hall–Kier alpha value is -1.53. The van der Waals surface area contributed by atoms with Gasteiger partial charge in [0.15, 0.2) is 0 Å². The van der Waals surface area contributed by atoms with Gasteiger partial charge in [0.05, 0.1) is 11.6 Å². The Labute approximate surface area is 72.0 Å². The second-order valence-electron chi connectivity index (χ2n) is 2.34. The molecule has 1 aromatic rings. The zero-order valence-corrected chi connectivity index (χ0v) is 6.49. The average Bonchev–Trinajstić information content (AvgIpc) is 2.17. The lowest BCUT2D eigenvalue weighted by Gasteiger charge is -1.99. The SMILES string of the molecule is C=C([B]O)c1ccc(C#N)cc1. The van der Waals surface area contributed by atoms with Crippen molar-refractivity contribution in [2.75, 3.05) is 0 Å². The van der Waals surface area contributed by atoms with E-state index in [-0.39, 0.29) is 0 Å². The van der Waals surface area contributed by atoms with E-state index in [2.05, 4.69) is 6.58 Å². The van der Waals surface area contributed by atoms with Crippen LogP contribution in [0.1, 0.15) is 11.1 Å². The van der Waals surface area contributed by atoms with Gasteiger partial charge in [0, 0.05) is 0 Å². The molecule has 0 heterocycles. The molecular weight excluding hydrogens is 149 g/mol. The molecule has 0 spiro atoms. The first-order valence-electron chi connectivity index (χ1n) is 3.45. The molecule has 1 N–H and O–H groups in total. The summed E-state index contributed by atoms with van der Waals surface area (Å²) in [5.74, 6) is 0. The molecule has 0 unspecified atom stereocenters. The molecule has 0 aliphatic heterocycles. The fraction of sp³-hybridized carbons (Fsp3) is 0. The molecule has 0 aliphatic carbocycles. The van der Waals surface area contributed by atoms with Gasteiger partial charge in [-0.25, -0.2) is 0 Å². The van der Waals surface area contributed by atoms with Gasteiger partial charge in [-0.2, -0.15) is 5.26 Å². The summed E-state index contributed by atoms with van der Waals surface area (Å²) in [4.78, 5) is 0.